The number of carboxylic acids is 1. The fourth-order valence-electron chi connectivity index (χ4n) is 3.78. The normalized spacial score (nSPS) is 14.1. The first-order valence-corrected chi connectivity index (χ1v) is 11.4. The third kappa shape index (κ3) is 7.05. The topological polar surface area (TPSA) is 102 Å². The fraction of sp³-hybridized carbons (Fsp3) is 0.400. The molecule has 0 saturated carbocycles. The maximum Gasteiger partial charge on any atom is 0.335 e. The van der Waals surface area contributed by atoms with Gasteiger partial charge in [-0.3, -0.25) is 14.5 Å². The molecule has 8 heteroatoms. The molecule has 0 atom stereocenters. The van der Waals surface area contributed by atoms with Crippen molar-refractivity contribution >= 4 is 34.8 Å². The average Bonchev–Trinajstić information content (AvgIpc) is 2.79. The molecule has 0 radical (unpaired) electrons. The van der Waals surface area contributed by atoms with E-state index >= 15 is 0 Å². The number of aryl methyl sites for hydroxylation is 1. The number of rotatable bonds is 9. The number of carbonyl (C=O) groups is 3. The Morgan fingerprint density at radius 3 is 2.27 bits per heavy atom. The Balaban J connectivity index is 1.60. The second-order valence-corrected chi connectivity index (χ2v) is 8.37. The molecule has 0 spiro atoms. The van der Waals surface area contributed by atoms with Crippen LogP contribution in [0.2, 0.25) is 0 Å². The summed E-state index contributed by atoms with van der Waals surface area (Å²) in [7, 11) is 0. The highest BCUT2D eigenvalue weighted by Crippen LogP contribution is 2.29. The second kappa shape index (κ2) is 11.5. The monoisotopic (exact) mass is 452 g/mol. The van der Waals surface area contributed by atoms with Crippen LogP contribution in [0.3, 0.4) is 0 Å². The Bertz CT molecular complexity index is 982. The highest BCUT2D eigenvalue weighted by molar-refractivity contribution is 5.97. The summed E-state index contributed by atoms with van der Waals surface area (Å²) in [6, 6.07) is 12.5. The Hall–Kier alpha value is -3.39. The molecule has 176 valence electrons. The first-order valence-electron chi connectivity index (χ1n) is 11.4. The van der Waals surface area contributed by atoms with E-state index in [2.05, 4.69) is 20.4 Å². The molecule has 1 aliphatic heterocycles. The minimum absolute atomic E-state index is 0.0537. The number of piperazine rings is 1. The Labute approximate surface area is 194 Å². The van der Waals surface area contributed by atoms with Crippen LogP contribution in [0, 0.1) is 6.92 Å². The van der Waals surface area contributed by atoms with Gasteiger partial charge in [-0.2, -0.15) is 0 Å². The number of amides is 2. The predicted molar refractivity (Wildman–Crippen MR) is 130 cm³/mol. The van der Waals surface area contributed by atoms with Crippen molar-refractivity contribution in [3.63, 3.8) is 0 Å². The van der Waals surface area contributed by atoms with Gasteiger partial charge in [0.2, 0.25) is 11.8 Å². The van der Waals surface area contributed by atoms with Gasteiger partial charge in [0.15, 0.2) is 0 Å². The van der Waals surface area contributed by atoms with E-state index in [1.807, 2.05) is 38.1 Å². The van der Waals surface area contributed by atoms with Crippen molar-refractivity contribution in [3.05, 3.63) is 53.6 Å². The number of aromatic carboxylic acids is 1. The lowest BCUT2D eigenvalue weighted by molar-refractivity contribution is -0.117. The molecule has 3 N–H and O–H groups in total. The lowest BCUT2D eigenvalue weighted by atomic mass is 10.1. The van der Waals surface area contributed by atoms with Crippen LogP contribution in [-0.2, 0) is 9.59 Å². The van der Waals surface area contributed by atoms with Gasteiger partial charge >= 0.3 is 5.97 Å². The van der Waals surface area contributed by atoms with Gasteiger partial charge in [0.25, 0.3) is 0 Å². The number of nitrogens with zero attached hydrogens (tertiary/aromatic N) is 2. The number of hydrogen-bond acceptors (Lipinski definition) is 5. The minimum atomic E-state index is -1.03. The predicted octanol–water partition coefficient (Wildman–Crippen LogP) is 3.58. The zero-order valence-corrected chi connectivity index (χ0v) is 19.3. The summed E-state index contributed by atoms with van der Waals surface area (Å²) in [5.41, 5.74) is 3.37. The number of unbranched alkanes of at least 4 members (excludes halogenated alkanes) is 1. The summed E-state index contributed by atoms with van der Waals surface area (Å²) in [5.74, 6) is -1.20. The molecule has 0 aliphatic carbocycles. The first kappa shape index (κ1) is 24.3. The SMILES string of the molecule is CCCCC(=O)Nc1cc(C(=O)O)ccc1N1CCN(CC(=O)Nc2ccc(C)cc2)CC1. The van der Waals surface area contributed by atoms with Crippen molar-refractivity contribution in [1.29, 1.82) is 0 Å². The van der Waals surface area contributed by atoms with E-state index < -0.39 is 5.97 Å². The number of carbonyl (C=O) groups excluding carboxylic acids is 2. The number of carboxylic acid groups (broad SMARTS) is 1. The van der Waals surface area contributed by atoms with E-state index in [0.29, 0.717) is 44.8 Å². The van der Waals surface area contributed by atoms with Crippen LogP contribution in [0.15, 0.2) is 42.5 Å². The first-order chi connectivity index (χ1) is 15.9. The molecule has 1 saturated heterocycles. The van der Waals surface area contributed by atoms with E-state index in [1.165, 1.54) is 6.07 Å². The molecule has 33 heavy (non-hydrogen) atoms. The highest BCUT2D eigenvalue weighted by Gasteiger charge is 2.22. The number of nitrogens with one attached hydrogen (secondary N) is 2. The van der Waals surface area contributed by atoms with E-state index in [9.17, 15) is 19.5 Å². The molecule has 2 amide bonds. The smallest absolute Gasteiger partial charge is 0.335 e. The standard InChI is InChI=1S/C25H32N4O4/c1-3-4-5-23(30)27-21-16-19(25(32)33)8-11-22(21)29-14-12-28(13-15-29)17-24(31)26-20-9-6-18(2)7-10-20/h6-11,16H,3-5,12-15,17H2,1-2H3,(H,26,31)(H,27,30)(H,32,33). The molecule has 3 rings (SSSR count). The van der Waals surface area contributed by atoms with Crippen LogP contribution < -0.4 is 15.5 Å². The van der Waals surface area contributed by atoms with Crippen molar-refractivity contribution in [2.45, 2.75) is 33.1 Å². The van der Waals surface area contributed by atoms with Crippen molar-refractivity contribution in [2.24, 2.45) is 0 Å². The number of hydrogen-bond donors (Lipinski definition) is 3. The van der Waals surface area contributed by atoms with Gasteiger partial charge in [-0.15, -0.1) is 0 Å². The molecule has 1 heterocycles. The quantitative estimate of drug-likeness (QED) is 0.538. The maximum absolute atomic E-state index is 12.4. The third-order valence-corrected chi connectivity index (χ3v) is 5.69. The van der Waals surface area contributed by atoms with Crippen LogP contribution in [0.5, 0.6) is 0 Å². The third-order valence-electron chi connectivity index (χ3n) is 5.69. The van der Waals surface area contributed by atoms with Gasteiger partial charge < -0.3 is 20.6 Å². The summed E-state index contributed by atoms with van der Waals surface area (Å²) < 4.78 is 0. The Kier molecular flexibility index (Phi) is 8.43. The molecule has 2 aromatic rings. The van der Waals surface area contributed by atoms with Crippen LogP contribution in [-0.4, -0.2) is 60.5 Å². The number of benzene rings is 2. The molecule has 1 aliphatic rings. The molecule has 1 fully saturated rings. The average molecular weight is 453 g/mol. The zero-order valence-electron chi connectivity index (χ0n) is 19.3. The maximum atomic E-state index is 12.4. The van der Waals surface area contributed by atoms with Gasteiger partial charge in [0.1, 0.15) is 0 Å². The lowest BCUT2D eigenvalue weighted by Crippen LogP contribution is -2.48. The van der Waals surface area contributed by atoms with Crippen LogP contribution in [0.4, 0.5) is 17.1 Å². The molecule has 0 aromatic heterocycles. The Morgan fingerprint density at radius 2 is 1.64 bits per heavy atom. The highest BCUT2D eigenvalue weighted by atomic mass is 16.4. The van der Waals surface area contributed by atoms with Crippen LogP contribution in [0.25, 0.3) is 0 Å². The van der Waals surface area contributed by atoms with Crippen molar-refractivity contribution < 1.29 is 19.5 Å². The summed E-state index contributed by atoms with van der Waals surface area (Å²) in [5, 5.41) is 15.2. The molecule has 0 bridgehead atoms. The summed E-state index contributed by atoms with van der Waals surface area (Å²) >= 11 is 0. The zero-order chi connectivity index (χ0) is 23.8. The lowest BCUT2D eigenvalue weighted by Gasteiger charge is -2.36. The van der Waals surface area contributed by atoms with Crippen molar-refractivity contribution in [2.75, 3.05) is 48.3 Å². The molecule has 8 nitrogen and oxygen atoms in total. The van der Waals surface area contributed by atoms with Gasteiger partial charge in [-0.1, -0.05) is 31.0 Å². The van der Waals surface area contributed by atoms with Gasteiger partial charge in [-0.25, -0.2) is 4.79 Å². The van der Waals surface area contributed by atoms with E-state index in [1.54, 1.807) is 12.1 Å². The van der Waals surface area contributed by atoms with Crippen LogP contribution >= 0.6 is 0 Å². The molecular formula is C25H32N4O4. The second-order valence-electron chi connectivity index (χ2n) is 8.37. The summed E-state index contributed by atoms with van der Waals surface area (Å²) in [6.07, 6.45) is 2.09. The minimum Gasteiger partial charge on any atom is -0.478 e. The van der Waals surface area contributed by atoms with Crippen LogP contribution in [0.1, 0.15) is 42.1 Å². The molecular weight excluding hydrogens is 420 g/mol. The number of anilines is 3. The summed E-state index contributed by atoms with van der Waals surface area (Å²) in [6.45, 7) is 7.04. The van der Waals surface area contributed by atoms with Gasteiger partial charge in [-0.05, 0) is 43.7 Å². The largest absolute Gasteiger partial charge is 0.478 e. The Morgan fingerprint density at radius 1 is 0.939 bits per heavy atom. The van der Waals surface area contributed by atoms with Gasteiger partial charge in [0, 0.05) is 38.3 Å². The van der Waals surface area contributed by atoms with Crippen molar-refractivity contribution in [1.82, 2.24) is 4.90 Å². The van der Waals surface area contributed by atoms with E-state index in [4.69, 9.17) is 0 Å². The van der Waals surface area contributed by atoms with E-state index in [0.717, 1.165) is 29.8 Å². The van der Waals surface area contributed by atoms with Gasteiger partial charge in [0.05, 0.1) is 23.5 Å². The molecule has 2 aromatic carbocycles. The van der Waals surface area contributed by atoms with E-state index in [-0.39, 0.29) is 17.4 Å². The summed E-state index contributed by atoms with van der Waals surface area (Å²) in [4.78, 5) is 40.3. The molecule has 0 unspecified atom stereocenters. The van der Waals surface area contributed by atoms with Crippen molar-refractivity contribution in [3.8, 4) is 0 Å². The fourth-order valence-corrected chi connectivity index (χ4v) is 3.78.